The average molecular weight is 291 g/mol. The zero-order valence-electron chi connectivity index (χ0n) is 10.8. The Morgan fingerprint density at radius 3 is 2.50 bits per heavy atom. The van der Waals surface area contributed by atoms with E-state index in [4.69, 9.17) is 0 Å². The summed E-state index contributed by atoms with van der Waals surface area (Å²) in [5.74, 6) is -0.435. The van der Waals surface area contributed by atoms with Gasteiger partial charge >= 0.3 is 0 Å². The first-order valence-electron chi connectivity index (χ1n) is 5.28. The maximum Gasteiger partial charge on any atom is 0.241 e. The number of nitrogens with one attached hydrogen (secondary N) is 2. The summed E-state index contributed by atoms with van der Waals surface area (Å²) in [6, 6.07) is 0. The van der Waals surface area contributed by atoms with Gasteiger partial charge < -0.3 is 5.32 Å². The molecule has 0 spiro atoms. The second kappa shape index (κ2) is 5.33. The van der Waals surface area contributed by atoms with E-state index in [0.29, 0.717) is 5.13 Å². The van der Waals surface area contributed by atoms with Crippen LogP contribution in [0.15, 0.2) is 5.38 Å². The van der Waals surface area contributed by atoms with Crippen molar-refractivity contribution < 1.29 is 13.2 Å². The van der Waals surface area contributed by atoms with Gasteiger partial charge in [-0.3, -0.25) is 4.79 Å². The molecule has 8 heteroatoms. The second-order valence-corrected chi connectivity index (χ2v) is 7.62. The third-order valence-electron chi connectivity index (χ3n) is 2.01. The fourth-order valence-electron chi connectivity index (χ4n) is 1.04. The van der Waals surface area contributed by atoms with Gasteiger partial charge in [0.25, 0.3) is 0 Å². The molecule has 0 aliphatic rings. The van der Waals surface area contributed by atoms with E-state index in [1.807, 2.05) is 26.2 Å². The van der Waals surface area contributed by atoms with E-state index < -0.39 is 15.9 Å². The Labute approximate surface area is 111 Å². The summed E-state index contributed by atoms with van der Waals surface area (Å²) in [5.41, 5.74) is 0.809. The number of aromatic nitrogens is 1. The van der Waals surface area contributed by atoms with Crippen LogP contribution in [0.2, 0.25) is 0 Å². The SMILES string of the molecule is CC(C)(C)c1csc(NC(=O)CNS(C)(=O)=O)n1. The summed E-state index contributed by atoms with van der Waals surface area (Å²) < 4.78 is 23.8. The van der Waals surface area contributed by atoms with Crippen LogP contribution in [-0.2, 0) is 20.2 Å². The van der Waals surface area contributed by atoms with Crippen molar-refractivity contribution >= 4 is 32.4 Å². The standard InChI is InChI=1S/C10H17N3O3S2/c1-10(2,3)7-6-17-9(12-7)13-8(14)5-11-18(4,15)16/h6,11H,5H2,1-4H3,(H,12,13,14). The lowest BCUT2D eigenvalue weighted by molar-refractivity contribution is -0.115. The molecular weight excluding hydrogens is 274 g/mol. The fourth-order valence-corrected chi connectivity index (χ4v) is 2.38. The third-order valence-corrected chi connectivity index (χ3v) is 3.44. The predicted molar refractivity (Wildman–Crippen MR) is 72.3 cm³/mol. The number of thiazole rings is 1. The number of rotatable bonds is 4. The molecule has 0 bridgehead atoms. The summed E-state index contributed by atoms with van der Waals surface area (Å²) in [4.78, 5) is 15.7. The molecule has 2 N–H and O–H groups in total. The minimum Gasteiger partial charge on any atom is -0.301 e. The minimum absolute atomic E-state index is 0.0789. The van der Waals surface area contributed by atoms with E-state index >= 15 is 0 Å². The van der Waals surface area contributed by atoms with Crippen molar-refractivity contribution in [3.63, 3.8) is 0 Å². The van der Waals surface area contributed by atoms with E-state index in [1.165, 1.54) is 11.3 Å². The third kappa shape index (κ3) is 5.11. The molecule has 0 aromatic carbocycles. The van der Waals surface area contributed by atoms with Crippen molar-refractivity contribution in [1.82, 2.24) is 9.71 Å². The Hall–Kier alpha value is -0.990. The molecule has 0 atom stereocenters. The van der Waals surface area contributed by atoms with Crippen LogP contribution in [0.3, 0.4) is 0 Å². The van der Waals surface area contributed by atoms with Gasteiger partial charge in [-0.25, -0.2) is 18.1 Å². The van der Waals surface area contributed by atoms with Crippen molar-refractivity contribution in [2.75, 3.05) is 18.1 Å². The quantitative estimate of drug-likeness (QED) is 0.863. The van der Waals surface area contributed by atoms with Crippen LogP contribution in [0.1, 0.15) is 26.5 Å². The monoisotopic (exact) mass is 291 g/mol. The number of carbonyl (C=O) groups excluding carboxylic acids is 1. The van der Waals surface area contributed by atoms with Crippen LogP contribution in [0.5, 0.6) is 0 Å². The van der Waals surface area contributed by atoms with Crippen molar-refractivity contribution in [2.24, 2.45) is 0 Å². The normalized spacial score (nSPS) is 12.4. The van der Waals surface area contributed by atoms with Gasteiger partial charge in [-0.2, -0.15) is 0 Å². The highest BCUT2D eigenvalue weighted by atomic mass is 32.2. The molecule has 0 radical (unpaired) electrons. The molecule has 6 nitrogen and oxygen atoms in total. The van der Waals surface area contributed by atoms with Gasteiger partial charge in [0.1, 0.15) is 0 Å². The Morgan fingerprint density at radius 2 is 2.06 bits per heavy atom. The van der Waals surface area contributed by atoms with Crippen LogP contribution in [0, 0.1) is 0 Å². The number of nitrogens with zero attached hydrogens (tertiary/aromatic N) is 1. The van der Waals surface area contributed by atoms with Crippen molar-refractivity contribution in [2.45, 2.75) is 26.2 Å². The van der Waals surface area contributed by atoms with E-state index in [2.05, 4.69) is 15.0 Å². The zero-order chi connectivity index (χ0) is 14.0. The molecule has 1 aromatic heterocycles. The van der Waals surface area contributed by atoms with Crippen LogP contribution in [0.25, 0.3) is 0 Å². The van der Waals surface area contributed by atoms with Crippen LogP contribution in [0.4, 0.5) is 5.13 Å². The topological polar surface area (TPSA) is 88.2 Å². The van der Waals surface area contributed by atoms with Gasteiger partial charge in [-0.15, -0.1) is 11.3 Å². The summed E-state index contributed by atoms with van der Waals surface area (Å²) in [6.07, 6.45) is 1.00. The van der Waals surface area contributed by atoms with Gasteiger partial charge in [-0.1, -0.05) is 20.8 Å². The van der Waals surface area contributed by atoms with Gasteiger partial charge in [0.15, 0.2) is 5.13 Å². The summed E-state index contributed by atoms with van der Waals surface area (Å²) in [7, 11) is -3.36. The Morgan fingerprint density at radius 1 is 1.44 bits per heavy atom. The smallest absolute Gasteiger partial charge is 0.241 e. The number of amides is 1. The van der Waals surface area contributed by atoms with E-state index in [-0.39, 0.29) is 12.0 Å². The van der Waals surface area contributed by atoms with Crippen molar-refractivity contribution in [3.05, 3.63) is 11.1 Å². The largest absolute Gasteiger partial charge is 0.301 e. The first-order chi connectivity index (χ1) is 8.08. The predicted octanol–water partition coefficient (Wildman–Crippen LogP) is 0.928. The highest BCUT2D eigenvalue weighted by Gasteiger charge is 2.18. The zero-order valence-corrected chi connectivity index (χ0v) is 12.4. The number of hydrogen-bond acceptors (Lipinski definition) is 5. The average Bonchev–Trinajstić information content (AvgIpc) is 2.61. The maximum atomic E-state index is 11.4. The highest BCUT2D eigenvalue weighted by molar-refractivity contribution is 7.88. The molecule has 102 valence electrons. The molecule has 1 heterocycles. The summed E-state index contributed by atoms with van der Waals surface area (Å²) in [5, 5.41) is 4.90. The van der Waals surface area contributed by atoms with Gasteiger partial charge in [0, 0.05) is 10.8 Å². The molecule has 1 aromatic rings. The maximum absolute atomic E-state index is 11.4. The molecule has 0 saturated heterocycles. The molecule has 18 heavy (non-hydrogen) atoms. The lowest BCUT2D eigenvalue weighted by Crippen LogP contribution is -2.32. The molecule has 1 amide bonds. The Balaban J connectivity index is 2.58. The van der Waals surface area contributed by atoms with Gasteiger partial charge in [0.2, 0.25) is 15.9 Å². The molecular formula is C10H17N3O3S2. The summed E-state index contributed by atoms with van der Waals surface area (Å²) in [6.45, 7) is 5.79. The first-order valence-corrected chi connectivity index (χ1v) is 8.05. The minimum atomic E-state index is -3.36. The first kappa shape index (κ1) is 15.1. The van der Waals surface area contributed by atoms with Crippen LogP contribution < -0.4 is 10.0 Å². The van der Waals surface area contributed by atoms with Gasteiger partial charge in [0.05, 0.1) is 18.5 Å². The molecule has 0 aliphatic carbocycles. The molecule has 1 rings (SSSR count). The van der Waals surface area contributed by atoms with Crippen LogP contribution >= 0.6 is 11.3 Å². The lowest BCUT2D eigenvalue weighted by Gasteiger charge is -2.14. The molecule has 0 saturated carbocycles. The van der Waals surface area contributed by atoms with Crippen LogP contribution in [-0.4, -0.2) is 32.1 Å². The lowest BCUT2D eigenvalue weighted by atomic mass is 9.93. The van der Waals surface area contributed by atoms with Crippen molar-refractivity contribution in [1.29, 1.82) is 0 Å². The number of sulfonamides is 1. The van der Waals surface area contributed by atoms with E-state index in [9.17, 15) is 13.2 Å². The molecule has 0 aliphatic heterocycles. The highest BCUT2D eigenvalue weighted by Crippen LogP contribution is 2.26. The number of carbonyl (C=O) groups is 1. The fraction of sp³-hybridized carbons (Fsp3) is 0.600. The van der Waals surface area contributed by atoms with Crippen molar-refractivity contribution in [3.8, 4) is 0 Å². The number of anilines is 1. The Kier molecular flexibility index (Phi) is 4.46. The Bertz CT molecular complexity index is 529. The summed E-state index contributed by atoms with van der Waals surface area (Å²) >= 11 is 1.32. The molecule has 0 fully saturated rings. The van der Waals surface area contributed by atoms with Gasteiger partial charge in [-0.05, 0) is 0 Å². The molecule has 0 unspecified atom stereocenters. The number of hydrogen-bond donors (Lipinski definition) is 2. The van der Waals surface area contributed by atoms with E-state index in [1.54, 1.807) is 0 Å². The second-order valence-electron chi connectivity index (χ2n) is 4.93. The van der Waals surface area contributed by atoms with E-state index in [0.717, 1.165) is 11.9 Å².